The molecular weight excluding hydrogens is 266 g/mol. The van der Waals surface area contributed by atoms with Gasteiger partial charge in [-0.25, -0.2) is 0 Å². The minimum absolute atomic E-state index is 0.0621. The molecule has 1 saturated heterocycles. The van der Waals surface area contributed by atoms with E-state index in [-0.39, 0.29) is 17.9 Å². The third kappa shape index (κ3) is 4.41. The summed E-state index contributed by atoms with van der Waals surface area (Å²) in [4.78, 5) is 29.7. The molecule has 0 saturated carbocycles. The molecule has 1 aromatic heterocycles. The molecule has 0 unspecified atom stereocenters. The van der Waals surface area contributed by atoms with E-state index in [9.17, 15) is 9.59 Å². The summed E-state index contributed by atoms with van der Waals surface area (Å²) in [5.74, 6) is -0.0378. The first-order valence-electron chi connectivity index (χ1n) is 7.21. The minimum Gasteiger partial charge on any atom is -0.349 e. The number of aromatic nitrogens is 1. The monoisotopic (exact) mass is 287 g/mol. The predicted molar refractivity (Wildman–Crippen MR) is 80.7 cm³/mol. The van der Waals surface area contributed by atoms with Crippen LogP contribution in [0.2, 0.25) is 0 Å². The van der Waals surface area contributed by atoms with Crippen LogP contribution in [-0.4, -0.2) is 40.8 Å². The zero-order valence-electron chi connectivity index (χ0n) is 12.5. The number of nitrogens with one attached hydrogen (secondary N) is 1. The average molecular weight is 287 g/mol. The van der Waals surface area contributed by atoms with Gasteiger partial charge in [0, 0.05) is 37.6 Å². The van der Waals surface area contributed by atoms with Crippen molar-refractivity contribution in [1.82, 2.24) is 15.2 Å². The number of rotatable bonds is 3. The van der Waals surface area contributed by atoms with Crippen molar-refractivity contribution in [3.05, 3.63) is 41.7 Å². The van der Waals surface area contributed by atoms with Crippen LogP contribution in [0.5, 0.6) is 0 Å². The second kappa shape index (κ2) is 7.02. The van der Waals surface area contributed by atoms with Crippen molar-refractivity contribution in [2.45, 2.75) is 32.7 Å². The fourth-order valence-electron chi connectivity index (χ4n) is 2.35. The van der Waals surface area contributed by atoms with E-state index in [4.69, 9.17) is 0 Å². The molecule has 1 aromatic rings. The number of hydrogen-bond donors (Lipinski definition) is 1. The standard InChI is InChI=1S/C16H21N3O2/c1-12(2)10-15(20)19-8-5-14(6-9-19)18-16(21)13-4-3-7-17-11-13/h3-4,7,10-11,14H,5-6,8-9H2,1-2H3,(H,18,21). The molecule has 1 N–H and O–H groups in total. The highest BCUT2D eigenvalue weighted by atomic mass is 16.2. The number of allylic oxidation sites excluding steroid dienone is 1. The second-order valence-electron chi connectivity index (χ2n) is 5.54. The first-order chi connectivity index (χ1) is 10.1. The molecule has 21 heavy (non-hydrogen) atoms. The van der Waals surface area contributed by atoms with E-state index >= 15 is 0 Å². The lowest BCUT2D eigenvalue weighted by atomic mass is 10.0. The maximum atomic E-state index is 12.0. The minimum atomic E-state index is -0.0998. The summed E-state index contributed by atoms with van der Waals surface area (Å²) in [5.41, 5.74) is 1.58. The van der Waals surface area contributed by atoms with Gasteiger partial charge < -0.3 is 10.2 Å². The van der Waals surface area contributed by atoms with Crippen LogP contribution in [0.15, 0.2) is 36.2 Å². The van der Waals surface area contributed by atoms with Gasteiger partial charge in [0.25, 0.3) is 5.91 Å². The zero-order valence-corrected chi connectivity index (χ0v) is 12.5. The SMILES string of the molecule is CC(C)=CC(=O)N1CCC(NC(=O)c2cccnc2)CC1. The number of carbonyl (C=O) groups is 2. The fourth-order valence-corrected chi connectivity index (χ4v) is 2.35. The van der Waals surface area contributed by atoms with Crippen LogP contribution in [0.25, 0.3) is 0 Å². The summed E-state index contributed by atoms with van der Waals surface area (Å²) < 4.78 is 0. The largest absolute Gasteiger partial charge is 0.349 e. The van der Waals surface area contributed by atoms with Gasteiger partial charge >= 0.3 is 0 Å². The van der Waals surface area contributed by atoms with Crippen molar-refractivity contribution < 1.29 is 9.59 Å². The van der Waals surface area contributed by atoms with Gasteiger partial charge in [-0.05, 0) is 38.8 Å². The van der Waals surface area contributed by atoms with Gasteiger partial charge in [0.15, 0.2) is 0 Å². The van der Waals surface area contributed by atoms with Crippen molar-refractivity contribution in [2.24, 2.45) is 0 Å². The van der Waals surface area contributed by atoms with Gasteiger partial charge in [0.05, 0.1) is 5.56 Å². The maximum Gasteiger partial charge on any atom is 0.253 e. The van der Waals surface area contributed by atoms with Gasteiger partial charge in [-0.3, -0.25) is 14.6 Å². The zero-order chi connectivity index (χ0) is 15.2. The Labute approximate surface area is 125 Å². The third-order valence-corrected chi connectivity index (χ3v) is 3.48. The molecule has 0 radical (unpaired) electrons. The van der Waals surface area contributed by atoms with Gasteiger partial charge in [-0.2, -0.15) is 0 Å². The Kier molecular flexibility index (Phi) is 5.09. The van der Waals surface area contributed by atoms with Crippen molar-refractivity contribution in [3.8, 4) is 0 Å². The lowest BCUT2D eigenvalue weighted by Gasteiger charge is -2.31. The van der Waals surface area contributed by atoms with Crippen LogP contribution in [0, 0.1) is 0 Å². The van der Waals surface area contributed by atoms with Crippen molar-refractivity contribution >= 4 is 11.8 Å². The molecule has 5 heteroatoms. The topological polar surface area (TPSA) is 62.3 Å². The second-order valence-corrected chi connectivity index (χ2v) is 5.54. The Bertz CT molecular complexity index is 528. The highest BCUT2D eigenvalue weighted by molar-refractivity contribution is 5.94. The van der Waals surface area contributed by atoms with Crippen LogP contribution >= 0.6 is 0 Å². The molecule has 0 spiro atoms. The van der Waals surface area contributed by atoms with Crippen molar-refractivity contribution in [2.75, 3.05) is 13.1 Å². The van der Waals surface area contributed by atoms with Gasteiger partial charge in [0.2, 0.25) is 5.91 Å². The predicted octanol–water partition coefficient (Wildman–Crippen LogP) is 1.77. The fraction of sp³-hybridized carbons (Fsp3) is 0.438. The molecule has 1 aliphatic heterocycles. The summed E-state index contributed by atoms with van der Waals surface area (Å²) in [6, 6.07) is 3.61. The highest BCUT2D eigenvalue weighted by Crippen LogP contribution is 2.12. The Morgan fingerprint density at radius 3 is 2.62 bits per heavy atom. The number of hydrogen-bond acceptors (Lipinski definition) is 3. The summed E-state index contributed by atoms with van der Waals surface area (Å²) in [7, 11) is 0. The molecule has 112 valence electrons. The number of pyridine rings is 1. The number of amides is 2. The molecule has 0 aromatic carbocycles. The summed E-state index contributed by atoms with van der Waals surface area (Å²) >= 11 is 0. The van der Waals surface area contributed by atoms with E-state index in [1.165, 1.54) is 0 Å². The molecule has 1 fully saturated rings. The van der Waals surface area contributed by atoms with Crippen LogP contribution in [0.3, 0.4) is 0 Å². The molecule has 2 heterocycles. The van der Waals surface area contributed by atoms with Crippen molar-refractivity contribution in [1.29, 1.82) is 0 Å². The van der Waals surface area contributed by atoms with Crippen LogP contribution < -0.4 is 5.32 Å². The number of nitrogens with zero attached hydrogens (tertiary/aromatic N) is 2. The van der Waals surface area contributed by atoms with E-state index < -0.39 is 0 Å². The van der Waals surface area contributed by atoms with Crippen LogP contribution in [-0.2, 0) is 4.79 Å². The molecule has 0 bridgehead atoms. The third-order valence-electron chi connectivity index (χ3n) is 3.48. The molecule has 0 aliphatic carbocycles. The first-order valence-corrected chi connectivity index (χ1v) is 7.21. The van der Waals surface area contributed by atoms with Crippen molar-refractivity contribution in [3.63, 3.8) is 0 Å². The number of carbonyl (C=O) groups excluding carboxylic acids is 2. The van der Waals surface area contributed by atoms with E-state index in [2.05, 4.69) is 10.3 Å². The number of piperidine rings is 1. The van der Waals surface area contributed by atoms with E-state index in [0.717, 1.165) is 18.4 Å². The Hall–Kier alpha value is -2.17. The van der Waals surface area contributed by atoms with E-state index in [0.29, 0.717) is 18.7 Å². The molecular formula is C16H21N3O2. The molecule has 0 atom stereocenters. The lowest BCUT2D eigenvalue weighted by molar-refractivity contribution is -0.127. The lowest BCUT2D eigenvalue weighted by Crippen LogP contribution is -2.46. The van der Waals surface area contributed by atoms with Gasteiger partial charge in [-0.15, -0.1) is 0 Å². The molecule has 2 rings (SSSR count). The maximum absolute atomic E-state index is 12.0. The van der Waals surface area contributed by atoms with Gasteiger partial charge in [-0.1, -0.05) is 5.57 Å². The van der Waals surface area contributed by atoms with Crippen LogP contribution in [0.1, 0.15) is 37.0 Å². The molecule has 5 nitrogen and oxygen atoms in total. The van der Waals surface area contributed by atoms with Gasteiger partial charge in [0.1, 0.15) is 0 Å². The quantitative estimate of drug-likeness (QED) is 0.862. The summed E-state index contributed by atoms with van der Waals surface area (Å²) in [6.07, 6.45) is 6.43. The highest BCUT2D eigenvalue weighted by Gasteiger charge is 2.23. The Morgan fingerprint density at radius 2 is 2.05 bits per heavy atom. The average Bonchev–Trinajstić information content (AvgIpc) is 2.48. The molecule has 1 aliphatic rings. The van der Waals surface area contributed by atoms with Crippen LogP contribution in [0.4, 0.5) is 0 Å². The number of likely N-dealkylation sites (tertiary alicyclic amines) is 1. The summed E-state index contributed by atoms with van der Waals surface area (Å²) in [5, 5.41) is 3.00. The van der Waals surface area contributed by atoms with E-state index in [1.807, 2.05) is 18.7 Å². The first kappa shape index (κ1) is 15.2. The summed E-state index contributed by atoms with van der Waals surface area (Å²) in [6.45, 7) is 5.19. The smallest absolute Gasteiger partial charge is 0.253 e. The Balaban J connectivity index is 1.83. The molecule has 2 amide bonds. The van der Waals surface area contributed by atoms with E-state index in [1.54, 1.807) is 30.6 Å². The Morgan fingerprint density at radius 1 is 1.33 bits per heavy atom. The normalized spacial score (nSPS) is 15.4.